The summed E-state index contributed by atoms with van der Waals surface area (Å²) in [5, 5.41) is 10.1. The van der Waals surface area contributed by atoms with Gasteiger partial charge < -0.3 is 9.84 Å². The molecule has 2 unspecified atom stereocenters. The van der Waals surface area contributed by atoms with E-state index in [2.05, 4.69) is 31.9 Å². The summed E-state index contributed by atoms with van der Waals surface area (Å²) < 4.78 is 16.0. The molecule has 1 aliphatic rings. The lowest BCUT2D eigenvalue weighted by Crippen LogP contribution is -2.49. The third-order valence-electron chi connectivity index (χ3n) is 2.58. The smallest absolute Gasteiger partial charge is 0.226 e. The van der Waals surface area contributed by atoms with Crippen LogP contribution in [-0.2, 0) is 0 Å². The molecule has 2 nitrogen and oxygen atoms in total. The molecule has 0 bridgehead atoms. The number of alkyl halides is 2. The quantitative estimate of drug-likeness (QED) is 0.790. The second-order valence-corrected chi connectivity index (χ2v) is 6.39. The predicted octanol–water partition coefficient (Wildman–Crippen LogP) is 3.97. The molecule has 0 radical (unpaired) electrons. The van der Waals surface area contributed by atoms with Crippen molar-refractivity contribution in [3.63, 3.8) is 0 Å². The maximum Gasteiger partial charge on any atom is 0.226 e. The zero-order valence-corrected chi connectivity index (χ0v) is 12.7. The molecule has 1 aromatic carbocycles. The molecule has 1 aliphatic carbocycles. The second-order valence-electron chi connectivity index (χ2n) is 4.06. The minimum Gasteiger partial charge on any atom is -0.468 e. The van der Waals surface area contributed by atoms with Crippen LogP contribution in [0.2, 0.25) is 0 Å². The zero-order valence-electron chi connectivity index (χ0n) is 9.53. The van der Waals surface area contributed by atoms with Gasteiger partial charge in [0.1, 0.15) is 11.6 Å². The van der Waals surface area contributed by atoms with E-state index in [0.717, 1.165) is 5.56 Å². The standard InChI is InChI=1S/C13H11Br2FO2/c1-9-4-2-5-10(8-9)18-12(14)7-3-6-11(16)13(12,15)17/h2-8,17H,1H3. The summed E-state index contributed by atoms with van der Waals surface area (Å²) in [6, 6.07) is 7.29. The van der Waals surface area contributed by atoms with Crippen LogP contribution in [0.4, 0.5) is 4.39 Å². The van der Waals surface area contributed by atoms with Crippen LogP contribution in [0.1, 0.15) is 5.56 Å². The molecular formula is C13H11Br2FO2. The highest BCUT2D eigenvalue weighted by atomic mass is 79.9. The Kier molecular flexibility index (Phi) is 3.67. The van der Waals surface area contributed by atoms with Gasteiger partial charge in [-0.2, -0.15) is 0 Å². The van der Waals surface area contributed by atoms with Crippen molar-refractivity contribution in [2.24, 2.45) is 0 Å². The third kappa shape index (κ3) is 2.39. The van der Waals surface area contributed by atoms with Gasteiger partial charge in [-0.1, -0.05) is 18.2 Å². The molecule has 1 N–H and O–H groups in total. The van der Waals surface area contributed by atoms with E-state index in [1.54, 1.807) is 12.1 Å². The van der Waals surface area contributed by atoms with Crippen LogP contribution < -0.4 is 4.74 Å². The maximum absolute atomic E-state index is 13.6. The molecule has 0 saturated carbocycles. The molecule has 2 atom stereocenters. The number of hydrogen-bond acceptors (Lipinski definition) is 2. The topological polar surface area (TPSA) is 29.5 Å². The van der Waals surface area contributed by atoms with Crippen molar-refractivity contribution in [1.82, 2.24) is 0 Å². The van der Waals surface area contributed by atoms with E-state index in [0.29, 0.717) is 5.75 Å². The summed E-state index contributed by atoms with van der Waals surface area (Å²) in [5.74, 6) is -0.196. The lowest BCUT2D eigenvalue weighted by atomic mass is 10.1. The number of halogens is 3. The first-order valence-corrected chi connectivity index (χ1v) is 6.85. The van der Waals surface area contributed by atoms with Crippen molar-refractivity contribution < 1.29 is 14.2 Å². The average Bonchev–Trinajstić information content (AvgIpc) is 2.26. The van der Waals surface area contributed by atoms with Crippen molar-refractivity contribution in [2.45, 2.75) is 15.9 Å². The largest absolute Gasteiger partial charge is 0.468 e. The Hall–Kier alpha value is -0.650. The summed E-state index contributed by atoms with van der Waals surface area (Å²) in [4.78, 5) is 0. The number of ether oxygens (including phenoxy) is 1. The summed E-state index contributed by atoms with van der Waals surface area (Å²) >= 11 is 6.18. The van der Waals surface area contributed by atoms with Gasteiger partial charge >= 0.3 is 0 Å². The van der Waals surface area contributed by atoms with Crippen molar-refractivity contribution >= 4 is 31.9 Å². The van der Waals surface area contributed by atoms with Crippen LogP contribution in [0, 0.1) is 6.92 Å². The SMILES string of the molecule is Cc1cccc(OC2(Br)C=CC=C(F)C2(O)Br)c1. The lowest BCUT2D eigenvalue weighted by molar-refractivity contribution is 0.0328. The van der Waals surface area contributed by atoms with Crippen LogP contribution in [0.15, 0.2) is 48.3 Å². The van der Waals surface area contributed by atoms with Gasteiger partial charge in [0.2, 0.25) is 9.02 Å². The summed E-state index contributed by atoms with van der Waals surface area (Å²) in [6.45, 7) is 1.92. The molecule has 0 spiro atoms. The first-order valence-electron chi connectivity index (χ1n) is 5.26. The molecule has 0 fully saturated rings. The molecule has 1 aromatic rings. The van der Waals surface area contributed by atoms with Gasteiger partial charge in [0.15, 0.2) is 0 Å². The average molecular weight is 378 g/mol. The maximum atomic E-state index is 13.6. The van der Waals surface area contributed by atoms with Crippen LogP contribution in [-0.4, -0.2) is 14.1 Å². The molecule has 0 saturated heterocycles. The number of allylic oxidation sites excluding steroid dienone is 2. The van der Waals surface area contributed by atoms with Gasteiger partial charge in [-0.3, -0.25) is 0 Å². The predicted molar refractivity (Wildman–Crippen MR) is 75.7 cm³/mol. The number of benzene rings is 1. The van der Waals surface area contributed by atoms with Crippen LogP contribution in [0.3, 0.4) is 0 Å². The molecule has 18 heavy (non-hydrogen) atoms. The van der Waals surface area contributed by atoms with Crippen LogP contribution in [0.5, 0.6) is 5.75 Å². The van der Waals surface area contributed by atoms with E-state index in [4.69, 9.17) is 4.74 Å². The highest BCUT2D eigenvalue weighted by Gasteiger charge is 2.52. The Morgan fingerprint density at radius 1 is 1.33 bits per heavy atom. The molecule has 0 aromatic heterocycles. The van der Waals surface area contributed by atoms with Crippen LogP contribution >= 0.6 is 31.9 Å². The number of aliphatic hydroxyl groups is 1. The number of hydrogen-bond donors (Lipinski definition) is 1. The van der Waals surface area contributed by atoms with E-state index in [9.17, 15) is 9.50 Å². The minimum atomic E-state index is -1.95. The van der Waals surface area contributed by atoms with Gasteiger partial charge in [0, 0.05) is 0 Å². The van der Waals surface area contributed by atoms with E-state index in [1.165, 1.54) is 18.2 Å². The van der Waals surface area contributed by atoms with Gasteiger partial charge in [-0.15, -0.1) is 0 Å². The Morgan fingerprint density at radius 2 is 2.06 bits per heavy atom. The zero-order chi connectivity index (χ0) is 13.4. The van der Waals surface area contributed by atoms with E-state index < -0.39 is 14.8 Å². The summed E-state index contributed by atoms with van der Waals surface area (Å²) in [6.07, 6.45) is 4.19. The van der Waals surface area contributed by atoms with Gasteiger partial charge in [-0.05, 0) is 68.6 Å². The fourth-order valence-electron chi connectivity index (χ4n) is 1.59. The Balaban J connectivity index is 2.33. The Bertz CT molecular complexity index is 525. The summed E-state index contributed by atoms with van der Waals surface area (Å²) in [5.41, 5.74) is 1.01. The van der Waals surface area contributed by atoms with Crippen molar-refractivity contribution in [2.75, 3.05) is 0 Å². The van der Waals surface area contributed by atoms with Gasteiger partial charge in [0.25, 0.3) is 0 Å². The molecule has 0 aliphatic heterocycles. The van der Waals surface area contributed by atoms with Crippen LogP contribution in [0.25, 0.3) is 0 Å². The normalized spacial score (nSPS) is 31.1. The number of aryl methyl sites for hydroxylation is 1. The molecule has 5 heteroatoms. The minimum absolute atomic E-state index is 0.532. The van der Waals surface area contributed by atoms with E-state index in [1.807, 2.05) is 19.1 Å². The van der Waals surface area contributed by atoms with E-state index >= 15 is 0 Å². The fraction of sp³-hybridized carbons (Fsp3) is 0.231. The fourth-order valence-corrected chi connectivity index (χ4v) is 2.47. The Morgan fingerprint density at radius 3 is 2.72 bits per heavy atom. The van der Waals surface area contributed by atoms with Crippen molar-refractivity contribution in [3.8, 4) is 5.75 Å². The molecule has 0 heterocycles. The number of rotatable bonds is 2. The van der Waals surface area contributed by atoms with Gasteiger partial charge in [0.05, 0.1) is 0 Å². The van der Waals surface area contributed by atoms with Crippen molar-refractivity contribution in [3.05, 3.63) is 53.9 Å². The molecular weight excluding hydrogens is 367 g/mol. The third-order valence-corrected chi connectivity index (χ3v) is 5.08. The van der Waals surface area contributed by atoms with Gasteiger partial charge in [-0.25, -0.2) is 4.39 Å². The molecule has 2 rings (SSSR count). The summed E-state index contributed by atoms with van der Waals surface area (Å²) in [7, 11) is 0. The Labute approximate surface area is 121 Å². The highest BCUT2D eigenvalue weighted by Crippen LogP contribution is 2.46. The molecule has 96 valence electrons. The van der Waals surface area contributed by atoms with E-state index in [-0.39, 0.29) is 0 Å². The first-order chi connectivity index (χ1) is 8.35. The second kappa shape index (κ2) is 4.79. The first kappa shape index (κ1) is 13.8. The van der Waals surface area contributed by atoms with Crippen molar-refractivity contribution in [1.29, 1.82) is 0 Å². The highest BCUT2D eigenvalue weighted by molar-refractivity contribution is 9.13. The lowest BCUT2D eigenvalue weighted by Gasteiger charge is -2.37. The molecule has 0 amide bonds. The monoisotopic (exact) mass is 376 g/mol.